The fraction of sp³-hybridized carbons (Fsp3) is 0.417. The molecule has 6 heteroatoms. The second-order valence-electron chi connectivity index (χ2n) is 4.86. The number of hydrogen-bond donors (Lipinski definition) is 1. The van der Waals surface area contributed by atoms with E-state index in [2.05, 4.69) is 15.1 Å². The van der Waals surface area contributed by atoms with E-state index < -0.39 is 0 Å². The van der Waals surface area contributed by atoms with Crippen LogP contribution in [-0.4, -0.2) is 20.7 Å². The zero-order valence-electron chi connectivity index (χ0n) is 10.4. The Morgan fingerprint density at radius 3 is 2.78 bits per heavy atom. The Balaban J connectivity index is 2.08. The van der Waals surface area contributed by atoms with E-state index in [4.69, 9.17) is 21.9 Å². The summed E-state index contributed by atoms with van der Waals surface area (Å²) in [4.78, 5) is 8.40. The number of halogens is 1. The van der Waals surface area contributed by atoms with Crippen molar-refractivity contribution in [2.45, 2.75) is 32.2 Å². The van der Waals surface area contributed by atoms with E-state index in [0.29, 0.717) is 28.9 Å². The monoisotopic (exact) mass is 266 g/mol. The van der Waals surface area contributed by atoms with Crippen molar-refractivity contribution in [3.05, 3.63) is 29.2 Å². The van der Waals surface area contributed by atoms with E-state index in [1.54, 1.807) is 18.3 Å². The highest BCUT2D eigenvalue weighted by atomic mass is 35.5. The number of rotatable bonds is 4. The van der Waals surface area contributed by atoms with Crippen LogP contribution in [0.3, 0.4) is 0 Å². The smallest absolute Gasteiger partial charge is 0.227 e. The largest absolute Gasteiger partial charge is 0.339 e. The second-order valence-corrected chi connectivity index (χ2v) is 5.30. The summed E-state index contributed by atoms with van der Waals surface area (Å²) in [6.45, 7) is 3.93. The van der Waals surface area contributed by atoms with E-state index in [9.17, 15) is 0 Å². The summed E-state index contributed by atoms with van der Waals surface area (Å²) in [7, 11) is 0. The normalized spacial score (nSPS) is 11.8. The first-order valence-corrected chi connectivity index (χ1v) is 6.05. The lowest BCUT2D eigenvalue weighted by atomic mass is 10.0. The lowest BCUT2D eigenvalue weighted by molar-refractivity contribution is 0.358. The first-order chi connectivity index (χ1) is 8.44. The predicted molar refractivity (Wildman–Crippen MR) is 69.1 cm³/mol. The molecule has 2 heterocycles. The van der Waals surface area contributed by atoms with Crippen molar-refractivity contribution >= 4 is 11.6 Å². The van der Waals surface area contributed by atoms with E-state index in [0.717, 1.165) is 6.42 Å². The molecule has 0 saturated carbocycles. The molecule has 0 spiro atoms. The molecule has 0 radical (unpaired) electrons. The highest BCUT2D eigenvalue weighted by molar-refractivity contribution is 6.30. The van der Waals surface area contributed by atoms with Gasteiger partial charge in [0.1, 0.15) is 5.69 Å². The lowest BCUT2D eigenvalue weighted by Gasteiger charge is -2.16. The maximum atomic E-state index is 5.90. The van der Waals surface area contributed by atoms with Gasteiger partial charge in [0.15, 0.2) is 0 Å². The lowest BCUT2D eigenvalue weighted by Crippen LogP contribution is -2.32. The van der Waals surface area contributed by atoms with Crippen LogP contribution in [0, 0.1) is 0 Å². The first-order valence-electron chi connectivity index (χ1n) is 5.67. The zero-order chi connectivity index (χ0) is 13.2. The van der Waals surface area contributed by atoms with Crippen molar-refractivity contribution in [3.8, 4) is 11.5 Å². The number of aromatic nitrogens is 3. The molecule has 96 valence electrons. The van der Waals surface area contributed by atoms with Gasteiger partial charge >= 0.3 is 0 Å². The maximum Gasteiger partial charge on any atom is 0.227 e. The van der Waals surface area contributed by atoms with Crippen molar-refractivity contribution in [2.24, 2.45) is 5.73 Å². The van der Waals surface area contributed by atoms with Crippen LogP contribution in [0.1, 0.15) is 26.2 Å². The molecule has 2 N–H and O–H groups in total. The molecule has 0 fully saturated rings. The van der Waals surface area contributed by atoms with Crippen LogP contribution in [-0.2, 0) is 6.42 Å². The third-order valence-electron chi connectivity index (χ3n) is 2.41. The van der Waals surface area contributed by atoms with Crippen LogP contribution in [0.4, 0.5) is 0 Å². The maximum absolute atomic E-state index is 5.90. The van der Waals surface area contributed by atoms with Gasteiger partial charge in [-0.3, -0.25) is 4.98 Å². The molecular formula is C12H15ClN4O. The Bertz CT molecular complexity index is 516. The molecule has 0 aliphatic heterocycles. The average Bonchev–Trinajstić information content (AvgIpc) is 2.75. The van der Waals surface area contributed by atoms with E-state index in [1.165, 1.54) is 0 Å². The summed E-state index contributed by atoms with van der Waals surface area (Å²) in [5.74, 6) is 1.04. The third-order valence-corrected chi connectivity index (χ3v) is 2.63. The molecule has 0 aliphatic rings. The molecule has 2 aromatic heterocycles. The first kappa shape index (κ1) is 13.0. The summed E-state index contributed by atoms with van der Waals surface area (Å²) in [5, 5.41) is 4.46. The predicted octanol–water partition coefficient (Wildman–Crippen LogP) is 2.45. The van der Waals surface area contributed by atoms with E-state index in [1.807, 2.05) is 13.8 Å². The van der Waals surface area contributed by atoms with Crippen molar-refractivity contribution in [1.29, 1.82) is 0 Å². The standard InChI is InChI=1S/C12H15ClN4O/c1-12(2,14)6-5-10-16-11(17-18-10)9-4-3-8(13)7-15-9/h3-4,7H,5-6,14H2,1-2H3. The van der Waals surface area contributed by atoms with Crippen LogP contribution in [0.2, 0.25) is 5.02 Å². The molecule has 2 aromatic rings. The Labute approximate surface area is 110 Å². The van der Waals surface area contributed by atoms with Gasteiger partial charge in [0.25, 0.3) is 0 Å². The molecule has 0 aromatic carbocycles. The average molecular weight is 267 g/mol. The Hall–Kier alpha value is -1.46. The molecule has 5 nitrogen and oxygen atoms in total. The molecule has 0 saturated heterocycles. The number of nitrogens with zero attached hydrogens (tertiary/aromatic N) is 3. The van der Waals surface area contributed by atoms with E-state index >= 15 is 0 Å². The topological polar surface area (TPSA) is 77.8 Å². The number of aryl methyl sites for hydroxylation is 1. The number of hydrogen-bond acceptors (Lipinski definition) is 5. The van der Waals surface area contributed by atoms with Gasteiger partial charge in [-0.25, -0.2) is 0 Å². The summed E-state index contributed by atoms with van der Waals surface area (Å²) in [6, 6.07) is 3.49. The summed E-state index contributed by atoms with van der Waals surface area (Å²) in [5.41, 5.74) is 6.30. The Morgan fingerprint density at radius 2 is 2.17 bits per heavy atom. The van der Waals surface area contributed by atoms with Crippen molar-refractivity contribution in [2.75, 3.05) is 0 Å². The molecule has 0 aliphatic carbocycles. The van der Waals surface area contributed by atoms with Gasteiger partial charge in [-0.1, -0.05) is 16.8 Å². The molecule has 0 bridgehead atoms. The number of pyridine rings is 1. The minimum atomic E-state index is -0.243. The summed E-state index contributed by atoms with van der Waals surface area (Å²) in [6.07, 6.45) is 2.99. The SMILES string of the molecule is CC(C)(N)CCc1nc(-c2ccc(Cl)cn2)no1. The highest BCUT2D eigenvalue weighted by Gasteiger charge is 2.15. The van der Waals surface area contributed by atoms with Gasteiger partial charge < -0.3 is 10.3 Å². The minimum Gasteiger partial charge on any atom is -0.339 e. The molecule has 0 unspecified atom stereocenters. The van der Waals surface area contributed by atoms with Gasteiger partial charge in [0.05, 0.1) is 5.02 Å². The van der Waals surface area contributed by atoms with Gasteiger partial charge in [-0.2, -0.15) is 4.98 Å². The van der Waals surface area contributed by atoms with Gasteiger partial charge in [-0.15, -0.1) is 0 Å². The van der Waals surface area contributed by atoms with E-state index in [-0.39, 0.29) is 5.54 Å². The summed E-state index contributed by atoms with van der Waals surface area (Å²) < 4.78 is 5.16. The van der Waals surface area contributed by atoms with Crippen LogP contribution in [0.25, 0.3) is 11.5 Å². The van der Waals surface area contributed by atoms with Crippen LogP contribution in [0.5, 0.6) is 0 Å². The van der Waals surface area contributed by atoms with Gasteiger partial charge in [-0.05, 0) is 32.4 Å². The fourth-order valence-corrected chi connectivity index (χ4v) is 1.51. The van der Waals surface area contributed by atoms with Crippen LogP contribution < -0.4 is 5.73 Å². The molecule has 0 amide bonds. The minimum absolute atomic E-state index is 0.243. The molecule has 18 heavy (non-hydrogen) atoms. The zero-order valence-corrected chi connectivity index (χ0v) is 11.1. The van der Waals surface area contributed by atoms with Gasteiger partial charge in [0.2, 0.25) is 11.7 Å². The molecule has 2 rings (SSSR count). The molecular weight excluding hydrogens is 252 g/mol. The quantitative estimate of drug-likeness (QED) is 0.920. The fourth-order valence-electron chi connectivity index (χ4n) is 1.40. The van der Waals surface area contributed by atoms with Gasteiger partial charge in [0, 0.05) is 18.2 Å². The van der Waals surface area contributed by atoms with Crippen molar-refractivity contribution < 1.29 is 4.52 Å². The summed E-state index contributed by atoms with van der Waals surface area (Å²) >= 11 is 5.76. The third kappa shape index (κ3) is 3.51. The Morgan fingerprint density at radius 1 is 1.39 bits per heavy atom. The highest BCUT2D eigenvalue weighted by Crippen LogP contribution is 2.17. The van der Waals surface area contributed by atoms with Crippen LogP contribution in [0.15, 0.2) is 22.9 Å². The molecule has 0 atom stereocenters. The van der Waals surface area contributed by atoms with Crippen LogP contribution >= 0.6 is 11.6 Å². The van der Waals surface area contributed by atoms with Crippen molar-refractivity contribution in [1.82, 2.24) is 15.1 Å². The van der Waals surface area contributed by atoms with Crippen molar-refractivity contribution in [3.63, 3.8) is 0 Å². The Kier molecular flexibility index (Phi) is 3.63. The number of nitrogens with two attached hydrogens (primary N) is 1. The second kappa shape index (κ2) is 5.04.